The molecule has 2 heterocycles. The molecule has 1 atom stereocenters. The molecule has 0 radical (unpaired) electrons. The summed E-state index contributed by atoms with van der Waals surface area (Å²) in [5.41, 5.74) is 1.68. The molecule has 2 aromatic rings. The summed E-state index contributed by atoms with van der Waals surface area (Å²) in [6, 6.07) is 5.65. The first-order chi connectivity index (χ1) is 9.58. The van der Waals surface area contributed by atoms with E-state index in [2.05, 4.69) is 5.10 Å². The largest absolute Gasteiger partial charge is 0.469 e. The van der Waals surface area contributed by atoms with E-state index < -0.39 is 0 Å². The van der Waals surface area contributed by atoms with Gasteiger partial charge in [-0.25, -0.2) is 0 Å². The number of nitrogens with zero attached hydrogens (tertiary/aromatic N) is 3. The van der Waals surface area contributed by atoms with Crippen molar-refractivity contribution in [3.05, 3.63) is 24.4 Å². The van der Waals surface area contributed by atoms with E-state index in [0.29, 0.717) is 6.54 Å². The van der Waals surface area contributed by atoms with Crippen molar-refractivity contribution >= 4 is 28.5 Å². The van der Waals surface area contributed by atoms with Gasteiger partial charge in [-0.15, -0.1) is 0 Å². The van der Waals surface area contributed by atoms with Crippen LogP contribution < -0.4 is 4.90 Å². The van der Waals surface area contributed by atoms with Gasteiger partial charge in [-0.05, 0) is 18.2 Å². The number of rotatable bonds is 2. The van der Waals surface area contributed by atoms with Gasteiger partial charge >= 0.3 is 5.97 Å². The molecule has 1 fully saturated rings. The van der Waals surface area contributed by atoms with Crippen molar-refractivity contribution in [1.29, 1.82) is 0 Å². The van der Waals surface area contributed by atoms with Crippen molar-refractivity contribution in [2.45, 2.75) is 6.42 Å². The Labute approximate surface area is 115 Å². The molecule has 0 saturated carbocycles. The smallest absolute Gasteiger partial charge is 0.311 e. The lowest BCUT2D eigenvalue weighted by atomic mass is 10.1. The number of amides is 1. The molecular weight excluding hydrogens is 258 g/mol. The molecule has 6 nitrogen and oxygen atoms in total. The molecule has 1 saturated heterocycles. The van der Waals surface area contributed by atoms with Crippen LogP contribution in [-0.4, -0.2) is 35.3 Å². The summed E-state index contributed by atoms with van der Waals surface area (Å²) in [5.74, 6) is -0.760. The van der Waals surface area contributed by atoms with Crippen LogP contribution in [0.25, 0.3) is 10.9 Å². The van der Waals surface area contributed by atoms with Gasteiger partial charge in [-0.3, -0.25) is 14.3 Å². The first-order valence-corrected chi connectivity index (χ1v) is 6.40. The summed E-state index contributed by atoms with van der Waals surface area (Å²) in [7, 11) is 3.20. The fraction of sp³-hybridized carbons (Fsp3) is 0.357. The lowest BCUT2D eigenvalue weighted by molar-refractivity contribution is -0.145. The van der Waals surface area contributed by atoms with E-state index in [1.165, 1.54) is 7.11 Å². The molecule has 1 aromatic carbocycles. The number of hydrogen-bond acceptors (Lipinski definition) is 4. The van der Waals surface area contributed by atoms with E-state index >= 15 is 0 Å². The van der Waals surface area contributed by atoms with Gasteiger partial charge < -0.3 is 9.64 Å². The zero-order valence-electron chi connectivity index (χ0n) is 11.4. The average molecular weight is 273 g/mol. The number of hydrogen-bond donors (Lipinski definition) is 0. The van der Waals surface area contributed by atoms with Crippen LogP contribution in [0.5, 0.6) is 0 Å². The Hall–Kier alpha value is -2.37. The van der Waals surface area contributed by atoms with Gasteiger partial charge in [0.1, 0.15) is 0 Å². The second-order valence-corrected chi connectivity index (χ2v) is 4.97. The van der Waals surface area contributed by atoms with Crippen molar-refractivity contribution in [1.82, 2.24) is 9.78 Å². The van der Waals surface area contributed by atoms with Gasteiger partial charge in [0, 0.05) is 37.3 Å². The second kappa shape index (κ2) is 4.63. The number of ether oxygens (including phenoxy) is 1. The zero-order valence-corrected chi connectivity index (χ0v) is 11.4. The summed E-state index contributed by atoms with van der Waals surface area (Å²) < 4.78 is 6.44. The fourth-order valence-corrected chi connectivity index (χ4v) is 2.59. The maximum atomic E-state index is 12.0. The van der Waals surface area contributed by atoms with Crippen LogP contribution in [-0.2, 0) is 21.4 Å². The maximum absolute atomic E-state index is 12.0. The van der Waals surface area contributed by atoms with Gasteiger partial charge in [0.15, 0.2) is 0 Å². The average Bonchev–Trinajstić information content (AvgIpc) is 2.98. The quantitative estimate of drug-likeness (QED) is 0.769. The minimum atomic E-state index is -0.378. The topological polar surface area (TPSA) is 64.4 Å². The molecule has 3 rings (SSSR count). The van der Waals surface area contributed by atoms with Crippen LogP contribution in [0.15, 0.2) is 24.4 Å². The van der Waals surface area contributed by atoms with Crippen LogP contribution in [0, 0.1) is 5.92 Å². The molecule has 1 aliphatic heterocycles. The molecule has 6 heteroatoms. The SMILES string of the molecule is COC(=O)C1CC(=O)N(c2ccc3nn(C)cc3c2)C1. The number of carbonyl (C=O) groups is 2. The van der Waals surface area contributed by atoms with E-state index in [4.69, 9.17) is 4.74 Å². The molecule has 1 unspecified atom stereocenters. The first kappa shape index (κ1) is 12.7. The summed E-state index contributed by atoms with van der Waals surface area (Å²) in [6.45, 7) is 0.372. The molecule has 104 valence electrons. The van der Waals surface area contributed by atoms with E-state index in [1.54, 1.807) is 9.58 Å². The third-order valence-electron chi connectivity index (χ3n) is 3.57. The van der Waals surface area contributed by atoms with Crippen LogP contribution in [0.1, 0.15) is 6.42 Å². The fourth-order valence-electron chi connectivity index (χ4n) is 2.59. The van der Waals surface area contributed by atoms with E-state index in [9.17, 15) is 9.59 Å². The molecular formula is C14H15N3O3. The van der Waals surface area contributed by atoms with Crippen molar-refractivity contribution in [3.63, 3.8) is 0 Å². The number of carbonyl (C=O) groups excluding carboxylic acids is 2. The standard InChI is InChI=1S/C14H15N3O3/c1-16-7-9-5-11(3-4-12(9)15-16)17-8-10(6-13(17)18)14(19)20-2/h3-5,7,10H,6,8H2,1-2H3. The van der Waals surface area contributed by atoms with Gasteiger partial charge in [0.25, 0.3) is 0 Å². The summed E-state index contributed by atoms with van der Waals surface area (Å²) in [5, 5.41) is 5.27. The number of aryl methyl sites for hydroxylation is 1. The summed E-state index contributed by atoms with van der Waals surface area (Å²) in [6.07, 6.45) is 2.11. The third kappa shape index (κ3) is 2.03. The van der Waals surface area contributed by atoms with E-state index in [0.717, 1.165) is 16.6 Å². The summed E-state index contributed by atoms with van der Waals surface area (Å²) in [4.78, 5) is 25.2. The Balaban J connectivity index is 1.90. The molecule has 0 N–H and O–H groups in total. The number of anilines is 1. The molecule has 1 aromatic heterocycles. The Kier molecular flexibility index (Phi) is 2.93. The predicted molar refractivity (Wildman–Crippen MR) is 73.2 cm³/mol. The van der Waals surface area contributed by atoms with Crippen LogP contribution >= 0.6 is 0 Å². The lowest BCUT2D eigenvalue weighted by Gasteiger charge is -2.16. The third-order valence-corrected chi connectivity index (χ3v) is 3.57. The Morgan fingerprint density at radius 1 is 1.45 bits per heavy atom. The normalized spacial score (nSPS) is 18.8. The highest BCUT2D eigenvalue weighted by Gasteiger charge is 2.35. The Bertz CT molecular complexity index is 692. The van der Waals surface area contributed by atoms with Crippen molar-refractivity contribution in [2.24, 2.45) is 13.0 Å². The minimum absolute atomic E-state index is 0.0522. The van der Waals surface area contributed by atoms with Gasteiger partial charge in [0.2, 0.25) is 5.91 Å². The van der Waals surface area contributed by atoms with Crippen molar-refractivity contribution in [2.75, 3.05) is 18.6 Å². The number of fused-ring (bicyclic) bond motifs is 1. The van der Waals surface area contributed by atoms with Crippen molar-refractivity contribution in [3.8, 4) is 0 Å². The molecule has 1 aliphatic rings. The zero-order chi connectivity index (χ0) is 14.3. The van der Waals surface area contributed by atoms with E-state index in [-0.39, 0.29) is 24.2 Å². The molecule has 20 heavy (non-hydrogen) atoms. The maximum Gasteiger partial charge on any atom is 0.311 e. The van der Waals surface area contributed by atoms with Gasteiger partial charge in [0.05, 0.1) is 18.5 Å². The highest BCUT2D eigenvalue weighted by Crippen LogP contribution is 2.28. The van der Waals surface area contributed by atoms with Crippen LogP contribution in [0.4, 0.5) is 5.69 Å². The number of benzene rings is 1. The monoisotopic (exact) mass is 273 g/mol. The lowest BCUT2D eigenvalue weighted by Crippen LogP contribution is -2.26. The van der Waals surface area contributed by atoms with Crippen molar-refractivity contribution < 1.29 is 14.3 Å². The highest BCUT2D eigenvalue weighted by molar-refractivity contribution is 6.00. The first-order valence-electron chi connectivity index (χ1n) is 6.40. The predicted octanol–water partition coefficient (Wildman–Crippen LogP) is 1.10. The molecule has 0 bridgehead atoms. The molecule has 1 amide bonds. The second-order valence-electron chi connectivity index (χ2n) is 4.97. The van der Waals surface area contributed by atoms with E-state index in [1.807, 2.05) is 31.4 Å². The highest BCUT2D eigenvalue weighted by atomic mass is 16.5. The van der Waals surface area contributed by atoms with Gasteiger partial charge in [-0.1, -0.05) is 0 Å². The summed E-state index contributed by atoms with van der Waals surface area (Å²) >= 11 is 0. The van der Waals surface area contributed by atoms with Crippen LogP contribution in [0.2, 0.25) is 0 Å². The number of methoxy groups -OCH3 is 1. The van der Waals surface area contributed by atoms with Gasteiger partial charge in [-0.2, -0.15) is 5.10 Å². The molecule has 0 aliphatic carbocycles. The Morgan fingerprint density at radius 2 is 2.25 bits per heavy atom. The van der Waals surface area contributed by atoms with Crippen LogP contribution in [0.3, 0.4) is 0 Å². The number of esters is 1. The Morgan fingerprint density at radius 3 is 3.00 bits per heavy atom. The number of aromatic nitrogens is 2. The molecule has 0 spiro atoms. The minimum Gasteiger partial charge on any atom is -0.469 e.